The third kappa shape index (κ3) is 3.51. The maximum atomic E-state index is 12.9. The van der Waals surface area contributed by atoms with Crippen LogP contribution in [0.25, 0.3) is 28.2 Å². The molecular formula is C23H18BrN3O3S. The van der Waals surface area contributed by atoms with Crippen molar-refractivity contribution in [2.45, 2.75) is 6.54 Å². The van der Waals surface area contributed by atoms with Gasteiger partial charge in [0.05, 0.1) is 22.8 Å². The summed E-state index contributed by atoms with van der Waals surface area (Å²) in [6.45, 7) is 0.168. The van der Waals surface area contributed by atoms with E-state index < -0.39 is 10.0 Å². The zero-order valence-electron chi connectivity index (χ0n) is 16.6. The molecule has 0 spiro atoms. The highest BCUT2D eigenvalue weighted by Gasteiger charge is 2.29. The molecule has 0 unspecified atom stereocenters. The van der Waals surface area contributed by atoms with E-state index in [2.05, 4.69) is 20.9 Å². The molecule has 0 saturated carbocycles. The van der Waals surface area contributed by atoms with Crippen LogP contribution < -0.4 is 4.31 Å². The van der Waals surface area contributed by atoms with Gasteiger partial charge in [0.2, 0.25) is 10.0 Å². The molecule has 0 aliphatic rings. The van der Waals surface area contributed by atoms with Crippen molar-refractivity contribution < 1.29 is 12.8 Å². The molecule has 0 radical (unpaired) electrons. The standard InChI is InChI=1S/C23H18BrN3O3S/c1-31(28,29)26(15-16-9-4-2-5-10-16)22-20(17-11-6-3-7-12-17)27-19-14-8-13-18(24)21(19)30-23(27)25-22/h2-14H,15H2,1H3. The van der Waals surface area contributed by atoms with Gasteiger partial charge in [-0.3, -0.25) is 4.40 Å². The number of halogens is 1. The Kier molecular flexibility index (Phi) is 4.83. The molecule has 0 atom stereocenters. The van der Waals surface area contributed by atoms with Crippen molar-refractivity contribution in [2.75, 3.05) is 10.6 Å². The van der Waals surface area contributed by atoms with Gasteiger partial charge in [0.1, 0.15) is 5.69 Å². The summed E-state index contributed by atoms with van der Waals surface area (Å²) in [7, 11) is -3.63. The average molecular weight is 496 g/mol. The first-order valence-corrected chi connectivity index (χ1v) is 12.2. The zero-order valence-corrected chi connectivity index (χ0v) is 19.0. The lowest BCUT2D eigenvalue weighted by Gasteiger charge is -2.21. The van der Waals surface area contributed by atoms with Crippen LogP contribution in [0.5, 0.6) is 0 Å². The van der Waals surface area contributed by atoms with E-state index in [9.17, 15) is 8.42 Å². The molecule has 8 heteroatoms. The maximum absolute atomic E-state index is 12.9. The molecule has 0 N–H and O–H groups in total. The molecule has 0 amide bonds. The zero-order chi connectivity index (χ0) is 21.6. The normalized spacial score (nSPS) is 11.9. The van der Waals surface area contributed by atoms with E-state index in [1.165, 1.54) is 10.6 Å². The first-order valence-electron chi connectivity index (χ1n) is 9.60. The van der Waals surface area contributed by atoms with Crippen LogP contribution in [0.3, 0.4) is 0 Å². The van der Waals surface area contributed by atoms with E-state index in [1.54, 1.807) is 0 Å². The fraction of sp³-hybridized carbons (Fsp3) is 0.0870. The number of sulfonamides is 1. The second kappa shape index (κ2) is 7.55. The van der Waals surface area contributed by atoms with Crippen molar-refractivity contribution in [2.24, 2.45) is 0 Å². The number of aromatic nitrogens is 2. The Bertz CT molecular complexity index is 1490. The molecule has 156 valence electrons. The topological polar surface area (TPSA) is 67.8 Å². The Hall–Kier alpha value is -3.10. The van der Waals surface area contributed by atoms with Crippen LogP contribution in [0.15, 0.2) is 87.8 Å². The predicted octanol–water partition coefficient (Wildman–Crippen LogP) is 5.48. The number of hydrogen-bond donors (Lipinski definition) is 0. The van der Waals surface area contributed by atoms with Crippen LogP contribution in [0.4, 0.5) is 5.82 Å². The fourth-order valence-corrected chi connectivity index (χ4v) is 4.94. The molecule has 3 aromatic carbocycles. The van der Waals surface area contributed by atoms with Gasteiger partial charge < -0.3 is 4.42 Å². The summed E-state index contributed by atoms with van der Waals surface area (Å²) in [5, 5.41) is 0. The predicted molar refractivity (Wildman–Crippen MR) is 126 cm³/mol. The molecule has 0 saturated heterocycles. The van der Waals surface area contributed by atoms with Crippen LogP contribution in [-0.2, 0) is 16.6 Å². The highest BCUT2D eigenvalue weighted by atomic mass is 79.9. The van der Waals surface area contributed by atoms with Crippen LogP contribution in [0.1, 0.15) is 5.56 Å². The lowest BCUT2D eigenvalue weighted by molar-refractivity contribution is 0.595. The Morgan fingerprint density at radius 1 is 0.968 bits per heavy atom. The summed E-state index contributed by atoms with van der Waals surface area (Å²) in [6, 6.07) is 24.8. The van der Waals surface area contributed by atoms with Crippen LogP contribution in [0.2, 0.25) is 0 Å². The molecule has 6 nitrogen and oxygen atoms in total. The molecule has 31 heavy (non-hydrogen) atoms. The third-order valence-electron chi connectivity index (χ3n) is 5.06. The van der Waals surface area contributed by atoms with Gasteiger partial charge in [0.15, 0.2) is 11.4 Å². The number of rotatable bonds is 5. The van der Waals surface area contributed by atoms with Gasteiger partial charge in [-0.2, -0.15) is 4.98 Å². The lowest BCUT2D eigenvalue weighted by atomic mass is 10.1. The molecule has 0 bridgehead atoms. The summed E-state index contributed by atoms with van der Waals surface area (Å²) in [5.74, 6) is 0.663. The Labute approximate surface area is 187 Å². The smallest absolute Gasteiger partial charge is 0.309 e. The van der Waals surface area contributed by atoms with E-state index in [4.69, 9.17) is 4.42 Å². The first-order chi connectivity index (χ1) is 14.9. The van der Waals surface area contributed by atoms with Crippen LogP contribution in [0, 0.1) is 0 Å². The third-order valence-corrected chi connectivity index (χ3v) is 6.79. The Morgan fingerprint density at radius 3 is 2.32 bits per heavy atom. The Morgan fingerprint density at radius 2 is 1.65 bits per heavy atom. The lowest BCUT2D eigenvalue weighted by Crippen LogP contribution is -2.30. The summed E-state index contributed by atoms with van der Waals surface area (Å²) >= 11 is 3.52. The maximum Gasteiger partial charge on any atom is 0.309 e. The van der Waals surface area contributed by atoms with Gasteiger partial charge in [-0.05, 0) is 33.6 Å². The van der Waals surface area contributed by atoms with E-state index >= 15 is 0 Å². The van der Waals surface area contributed by atoms with Gasteiger partial charge in [-0.1, -0.05) is 66.7 Å². The van der Waals surface area contributed by atoms with E-state index in [-0.39, 0.29) is 6.54 Å². The number of benzene rings is 3. The van der Waals surface area contributed by atoms with E-state index in [0.29, 0.717) is 22.9 Å². The quantitative estimate of drug-likeness (QED) is 0.323. The number of anilines is 1. The molecule has 0 fully saturated rings. The van der Waals surface area contributed by atoms with Crippen molar-refractivity contribution in [3.8, 4) is 11.3 Å². The van der Waals surface area contributed by atoms with Crippen LogP contribution in [-0.4, -0.2) is 24.1 Å². The van der Waals surface area contributed by atoms with Gasteiger partial charge in [-0.15, -0.1) is 0 Å². The van der Waals surface area contributed by atoms with Crippen molar-refractivity contribution >= 4 is 48.7 Å². The minimum Gasteiger partial charge on any atom is -0.422 e. The number of para-hydroxylation sites is 1. The summed E-state index contributed by atoms with van der Waals surface area (Å²) in [4.78, 5) is 4.65. The molecule has 2 heterocycles. The largest absolute Gasteiger partial charge is 0.422 e. The Balaban J connectivity index is 1.82. The van der Waals surface area contributed by atoms with Gasteiger partial charge >= 0.3 is 5.84 Å². The highest BCUT2D eigenvalue weighted by molar-refractivity contribution is 9.10. The average Bonchev–Trinajstić information content (AvgIpc) is 3.30. The van der Waals surface area contributed by atoms with Crippen LogP contribution >= 0.6 is 15.9 Å². The second-order valence-electron chi connectivity index (χ2n) is 7.21. The number of imidazole rings is 1. The summed E-state index contributed by atoms with van der Waals surface area (Å²) in [5.41, 5.74) is 3.82. The molecule has 5 aromatic rings. The van der Waals surface area contributed by atoms with E-state index in [0.717, 1.165) is 21.1 Å². The minimum atomic E-state index is -3.63. The number of hydrogen-bond acceptors (Lipinski definition) is 4. The van der Waals surface area contributed by atoms with Crippen molar-refractivity contribution in [1.29, 1.82) is 0 Å². The fourth-order valence-electron chi connectivity index (χ4n) is 3.67. The summed E-state index contributed by atoms with van der Waals surface area (Å²) in [6.07, 6.45) is 1.20. The molecule has 5 rings (SSSR count). The van der Waals surface area contributed by atoms with Gasteiger partial charge in [-0.25, -0.2) is 12.7 Å². The SMILES string of the molecule is CS(=O)(=O)N(Cc1ccccc1)c1nc2oc3c(Br)cccc3n2c1-c1ccccc1. The number of fused-ring (bicyclic) bond motifs is 3. The number of oxazole rings is 1. The van der Waals surface area contributed by atoms with Gasteiger partial charge in [0, 0.05) is 5.56 Å². The first kappa shape index (κ1) is 19.8. The highest BCUT2D eigenvalue weighted by Crippen LogP contribution is 2.38. The second-order valence-corrected chi connectivity index (χ2v) is 9.97. The van der Waals surface area contributed by atoms with Crippen molar-refractivity contribution in [1.82, 2.24) is 9.38 Å². The monoisotopic (exact) mass is 495 g/mol. The molecule has 0 aliphatic carbocycles. The molecular weight excluding hydrogens is 478 g/mol. The van der Waals surface area contributed by atoms with Gasteiger partial charge in [0.25, 0.3) is 0 Å². The van der Waals surface area contributed by atoms with E-state index in [1.807, 2.05) is 83.3 Å². The minimum absolute atomic E-state index is 0.168. The number of nitrogens with zero attached hydrogens (tertiary/aromatic N) is 3. The van der Waals surface area contributed by atoms with Crippen molar-refractivity contribution in [3.05, 3.63) is 88.9 Å². The molecule has 0 aliphatic heterocycles. The summed E-state index contributed by atoms with van der Waals surface area (Å²) < 4.78 is 35.8. The molecule has 2 aromatic heterocycles. The van der Waals surface area contributed by atoms with Crippen molar-refractivity contribution in [3.63, 3.8) is 0 Å².